The lowest BCUT2D eigenvalue weighted by Gasteiger charge is -2.10. The van der Waals surface area contributed by atoms with Crippen LogP contribution >= 0.6 is 0 Å². The zero-order valence-electron chi connectivity index (χ0n) is 13.8. The highest BCUT2D eigenvalue weighted by atomic mass is 16.5. The molecule has 0 aliphatic carbocycles. The van der Waals surface area contributed by atoms with Crippen molar-refractivity contribution in [2.24, 2.45) is 0 Å². The molecule has 0 aliphatic heterocycles. The van der Waals surface area contributed by atoms with Gasteiger partial charge in [0.1, 0.15) is 0 Å². The molecule has 0 saturated carbocycles. The van der Waals surface area contributed by atoms with Crippen molar-refractivity contribution in [3.05, 3.63) is 59.2 Å². The first-order valence-corrected chi connectivity index (χ1v) is 7.26. The molecule has 0 aliphatic rings. The second kappa shape index (κ2) is 8.01. The van der Waals surface area contributed by atoms with Gasteiger partial charge >= 0.3 is 5.97 Å². The lowest BCUT2D eigenvalue weighted by molar-refractivity contribution is 0.0600. The van der Waals surface area contributed by atoms with E-state index in [-0.39, 0.29) is 5.91 Å². The topological polar surface area (TPSA) is 73.9 Å². The first-order chi connectivity index (χ1) is 11.6. The van der Waals surface area contributed by atoms with E-state index >= 15 is 0 Å². The van der Waals surface area contributed by atoms with E-state index in [4.69, 9.17) is 9.47 Å². The van der Waals surface area contributed by atoms with Gasteiger partial charge in [0, 0.05) is 12.1 Å². The summed E-state index contributed by atoms with van der Waals surface area (Å²) in [4.78, 5) is 23.6. The number of esters is 1. The predicted octanol–water partition coefficient (Wildman–Crippen LogP) is 2.42. The Morgan fingerprint density at radius 1 is 0.875 bits per heavy atom. The van der Waals surface area contributed by atoms with E-state index < -0.39 is 5.97 Å². The van der Waals surface area contributed by atoms with Crippen molar-refractivity contribution in [2.75, 3.05) is 21.3 Å². The molecule has 0 heterocycles. The lowest BCUT2D eigenvalue weighted by Crippen LogP contribution is -2.22. The summed E-state index contributed by atoms with van der Waals surface area (Å²) in [5, 5.41) is 2.82. The number of benzene rings is 2. The van der Waals surface area contributed by atoms with Gasteiger partial charge in [-0.1, -0.05) is 12.1 Å². The van der Waals surface area contributed by atoms with E-state index in [2.05, 4.69) is 10.1 Å². The number of hydrogen-bond acceptors (Lipinski definition) is 5. The summed E-state index contributed by atoms with van der Waals surface area (Å²) in [7, 11) is 4.39. The molecule has 0 spiro atoms. The highest BCUT2D eigenvalue weighted by Crippen LogP contribution is 2.27. The van der Waals surface area contributed by atoms with Gasteiger partial charge in [0.05, 0.1) is 26.9 Å². The Bertz CT molecular complexity index is 725. The first-order valence-electron chi connectivity index (χ1n) is 7.26. The molecule has 0 aromatic heterocycles. The maximum Gasteiger partial charge on any atom is 0.337 e. The van der Waals surface area contributed by atoms with Crippen molar-refractivity contribution in [1.82, 2.24) is 5.32 Å². The molecule has 126 valence electrons. The maximum atomic E-state index is 12.2. The molecule has 1 amide bonds. The van der Waals surface area contributed by atoms with Crippen LogP contribution in [0.15, 0.2) is 42.5 Å². The van der Waals surface area contributed by atoms with Crippen LogP contribution in [0.5, 0.6) is 11.5 Å². The summed E-state index contributed by atoms with van der Waals surface area (Å²) < 4.78 is 15.0. The van der Waals surface area contributed by atoms with Crippen molar-refractivity contribution in [1.29, 1.82) is 0 Å². The Morgan fingerprint density at radius 3 is 2.08 bits per heavy atom. The molecular weight excluding hydrogens is 310 g/mol. The monoisotopic (exact) mass is 329 g/mol. The minimum atomic E-state index is -0.393. The molecule has 0 atom stereocenters. The molecule has 1 N–H and O–H groups in total. The van der Waals surface area contributed by atoms with E-state index in [1.54, 1.807) is 42.5 Å². The SMILES string of the molecule is COC(=O)c1ccc(CNC(=O)c2ccc(OC)c(OC)c2)cc1. The third-order valence-electron chi connectivity index (χ3n) is 3.47. The average Bonchev–Trinajstić information content (AvgIpc) is 2.65. The van der Waals surface area contributed by atoms with E-state index in [0.717, 1.165) is 5.56 Å². The Hall–Kier alpha value is -3.02. The zero-order chi connectivity index (χ0) is 17.5. The van der Waals surface area contributed by atoms with Gasteiger partial charge in [0.15, 0.2) is 11.5 Å². The number of nitrogens with one attached hydrogen (secondary N) is 1. The van der Waals surface area contributed by atoms with Crippen LogP contribution in [0.4, 0.5) is 0 Å². The highest BCUT2D eigenvalue weighted by molar-refractivity contribution is 5.95. The quantitative estimate of drug-likeness (QED) is 0.824. The molecule has 2 aromatic rings. The van der Waals surface area contributed by atoms with Gasteiger partial charge in [0.2, 0.25) is 0 Å². The van der Waals surface area contributed by atoms with Crippen molar-refractivity contribution in [2.45, 2.75) is 6.54 Å². The summed E-state index contributed by atoms with van der Waals surface area (Å²) in [6, 6.07) is 11.8. The lowest BCUT2D eigenvalue weighted by atomic mass is 10.1. The standard InChI is InChI=1S/C18H19NO5/c1-22-15-9-8-14(10-16(15)23-2)17(20)19-11-12-4-6-13(7-5-12)18(21)24-3/h4-10H,11H2,1-3H3,(H,19,20). The number of rotatable bonds is 6. The van der Waals surface area contributed by atoms with Gasteiger partial charge in [-0.05, 0) is 35.9 Å². The fourth-order valence-corrected chi connectivity index (χ4v) is 2.14. The minimum absolute atomic E-state index is 0.229. The normalized spacial score (nSPS) is 9.96. The van der Waals surface area contributed by atoms with Gasteiger partial charge in [-0.15, -0.1) is 0 Å². The molecule has 0 radical (unpaired) electrons. The van der Waals surface area contributed by atoms with Crippen LogP contribution in [0.3, 0.4) is 0 Å². The molecular formula is C18H19NO5. The highest BCUT2D eigenvalue weighted by Gasteiger charge is 2.11. The van der Waals surface area contributed by atoms with Gasteiger partial charge < -0.3 is 19.5 Å². The third kappa shape index (κ3) is 4.04. The number of hydrogen-bond donors (Lipinski definition) is 1. The van der Waals surface area contributed by atoms with Gasteiger partial charge in [-0.3, -0.25) is 4.79 Å². The summed E-state index contributed by atoms with van der Waals surface area (Å²) in [6.07, 6.45) is 0. The molecule has 0 saturated heterocycles. The Labute approximate surface area is 140 Å². The largest absolute Gasteiger partial charge is 0.493 e. The summed E-state index contributed by atoms with van der Waals surface area (Å²) in [5.74, 6) is 0.434. The van der Waals surface area contributed by atoms with E-state index in [0.29, 0.717) is 29.2 Å². The van der Waals surface area contributed by atoms with Crippen LogP contribution in [0.2, 0.25) is 0 Å². The molecule has 6 heteroatoms. The third-order valence-corrected chi connectivity index (χ3v) is 3.47. The fourth-order valence-electron chi connectivity index (χ4n) is 2.14. The molecule has 24 heavy (non-hydrogen) atoms. The number of methoxy groups -OCH3 is 3. The summed E-state index contributed by atoms with van der Waals surface area (Å²) in [5.41, 5.74) is 1.81. The van der Waals surface area contributed by atoms with Crippen LogP contribution in [0.25, 0.3) is 0 Å². The molecule has 6 nitrogen and oxygen atoms in total. The number of carbonyl (C=O) groups is 2. The zero-order valence-corrected chi connectivity index (χ0v) is 13.8. The Balaban J connectivity index is 2.01. The van der Waals surface area contributed by atoms with Crippen molar-refractivity contribution in [3.8, 4) is 11.5 Å². The van der Waals surface area contributed by atoms with Gasteiger partial charge in [0.25, 0.3) is 5.91 Å². The predicted molar refractivity (Wildman–Crippen MR) is 88.5 cm³/mol. The van der Waals surface area contributed by atoms with E-state index in [9.17, 15) is 9.59 Å². The van der Waals surface area contributed by atoms with Crippen LogP contribution in [0.1, 0.15) is 26.3 Å². The van der Waals surface area contributed by atoms with Gasteiger partial charge in [-0.2, -0.15) is 0 Å². The van der Waals surface area contributed by atoms with Crippen LogP contribution in [-0.2, 0) is 11.3 Å². The smallest absolute Gasteiger partial charge is 0.337 e. The number of ether oxygens (including phenoxy) is 3. The van der Waals surface area contributed by atoms with Gasteiger partial charge in [-0.25, -0.2) is 4.79 Å². The molecule has 0 unspecified atom stereocenters. The summed E-state index contributed by atoms with van der Waals surface area (Å²) >= 11 is 0. The molecule has 0 bridgehead atoms. The van der Waals surface area contributed by atoms with Crippen molar-refractivity contribution < 1.29 is 23.8 Å². The van der Waals surface area contributed by atoms with Crippen LogP contribution < -0.4 is 14.8 Å². The van der Waals surface area contributed by atoms with Crippen LogP contribution in [-0.4, -0.2) is 33.2 Å². The molecule has 2 aromatic carbocycles. The summed E-state index contributed by atoms with van der Waals surface area (Å²) in [6.45, 7) is 0.342. The Morgan fingerprint density at radius 2 is 1.50 bits per heavy atom. The number of amides is 1. The second-order valence-corrected chi connectivity index (χ2v) is 4.94. The first kappa shape index (κ1) is 17.3. The second-order valence-electron chi connectivity index (χ2n) is 4.94. The minimum Gasteiger partial charge on any atom is -0.493 e. The van der Waals surface area contributed by atoms with Crippen molar-refractivity contribution in [3.63, 3.8) is 0 Å². The van der Waals surface area contributed by atoms with E-state index in [1.807, 2.05) is 0 Å². The van der Waals surface area contributed by atoms with Crippen molar-refractivity contribution >= 4 is 11.9 Å². The number of carbonyl (C=O) groups excluding carboxylic acids is 2. The molecule has 0 fully saturated rings. The maximum absolute atomic E-state index is 12.2. The fraction of sp³-hybridized carbons (Fsp3) is 0.222. The average molecular weight is 329 g/mol. The molecule has 2 rings (SSSR count). The Kier molecular flexibility index (Phi) is 5.78. The van der Waals surface area contributed by atoms with Crippen LogP contribution in [0, 0.1) is 0 Å². The van der Waals surface area contributed by atoms with E-state index in [1.165, 1.54) is 21.3 Å².